The summed E-state index contributed by atoms with van der Waals surface area (Å²) in [5, 5.41) is 3.61. The Kier molecular flexibility index (Phi) is 6.07. The number of rotatable bonds is 5. The van der Waals surface area contributed by atoms with Crippen molar-refractivity contribution in [3.8, 4) is 0 Å². The first-order chi connectivity index (χ1) is 11.3. The Morgan fingerprint density at radius 3 is 2.58 bits per heavy atom. The molecule has 134 valence electrons. The number of esters is 1. The van der Waals surface area contributed by atoms with Gasteiger partial charge in [-0.2, -0.15) is 0 Å². The third-order valence-corrected chi connectivity index (χ3v) is 5.87. The van der Waals surface area contributed by atoms with Gasteiger partial charge in [0.25, 0.3) is 0 Å². The number of nitrogens with one attached hydrogen (secondary N) is 1. The van der Waals surface area contributed by atoms with Crippen LogP contribution in [-0.2, 0) is 22.4 Å². The molecule has 1 heterocycles. The molecule has 0 aliphatic heterocycles. The van der Waals surface area contributed by atoms with Gasteiger partial charge in [-0.05, 0) is 49.5 Å². The highest BCUT2D eigenvalue weighted by Crippen LogP contribution is 2.44. The van der Waals surface area contributed by atoms with Gasteiger partial charge in [0.2, 0.25) is 5.91 Å². The minimum absolute atomic E-state index is 0.0333. The highest BCUT2D eigenvalue weighted by molar-refractivity contribution is 7.17. The number of thiophene rings is 1. The number of carbonyl (C=O) groups excluding carboxylic acids is 2. The maximum Gasteiger partial charge on any atom is 0.341 e. The zero-order valence-corrected chi connectivity index (χ0v) is 16.3. The molecule has 0 aromatic carbocycles. The van der Waals surface area contributed by atoms with Crippen molar-refractivity contribution in [1.82, 2.24) is 0 Å². The van der Waals surface area contributed by atoms with Gasteiger partial charge in [0, 0.05) is 11.3 Å². The summed E-state index contributed by atoms with van der Waals surface area (Å²) in [6, 6.07) is 0. The second-order valence-electron chi connectivity index (χ2n) is 7.53. The molecule has 1 aromatic heterocycles. The molecule has 1 N–H and O–H groups in total. The van der Waals surface area contributed by atoms with Gasteiger partial charge < -0.3 is 10.1 Å². The average Bonchev–Trinajstić information content (AvgIpc) is 2.83. The first kappa shape index (κ1) is 19.0. The molecule has 1 atom stereocenters. The number of amides is 1. The third-order valence-electron chi connectivity index (χ3n) is 4.70. The van der Waals surface area contributed by atoms with Crippen LogP contribution >= 0.6 is 11.3 Å². The van der Waals surface area contributed by atoms with Gasteiger partial charge in [-0.25, -0.2) is 4.79 Å². The zero-order chi connectivity index (χ0) is 17.9. The predicted octanol–water partition coefficient (Wildman–Crippen LogP) is 4.81. The normalized spacial score (nSPS) is 17.3. The van der Waals surface area contributed by atoms with E-state index in [1.54, 1.807) is 11.3 Å². The topological polar surface area (TPSA) is 55.4 Å². The summed E-state index contributed by atoms with van der Waals surface area (Å²) >= 11 is 1.56. The van der Waals surface area contributed by atoms with Crippen LogP contribution in [0.15, 0.2) is 0 Å². The Hall–Kier alpha value is -1.36. The predicted molar refractivity (Wildman–Crippen MR) is 98.8 cm³/mol. The van der Waals surface area contributed by atoms with Gasteiger partial charge in [-0.15, -0.1) is 11.3 Å². The molecule has 1 aliphatic carbocycles. The van der Waals surface area contributed by atoms with E-state index in [1.807, 2.05) is 13.8 Å². The Labute approximate surface area is 149 Å². The van der Waals surface area contributed by atoms with Crippen LogP contribution in [0.3, 0.4) is 0 Å². The van der Waals surface area contributed by atoms with Gasteiger partial charge in [0.1, 0.15) is 5.00 Å². The molecule has 0 radical (unpaired) electrons. The maximum absolute atomic E-state index is 12.4. The summed E-state index contributed by atoms with van der Waals surface area (Å²) < 4.78 is 5.25. The molecule has 0 bridgehead atoms. The Bertz CT molecular complexity index is 613. The van der Waals surface area contributed by atoms with E-state index in [4.69, 9.17) is 4.74 Å². The fourth-order valence-corrected chi connectivity index (χ4v) is 4.58. The van der Waals surface area contributed by atoms with Gasteiger partial charge in [0.15, 0.2) is 0 Å². The molecule has 1 aromatic rings. The van der Waals surface area contributed by atoms with Crippen molar-refractivity contribution < 1.29 is 14.3 Å². The van der Waals surface area contributed by atoms with E-state index >= 15 is 0 Å². The number of anilines is 1. The quantitative estimate of drug-likeness (QED) is 0.774. The molecule has 4 nitrogen and oxygen atoms in total. The van der Waals surface area contributed by atoms with Crippen LogP contribution in [0.25, 0.3) is 0 Å². The van der Waals surface area contributed by atoms with Crippen LogP contribution in [0, 0.1) is 11.3 Å². The van der Waals surface area contributed by atoms with Crippen molar-refractivity contribution in [3.63, 3.8) is 0 Å². The van der Waals surface area contributed by atoms with Gasteiger partial charge in [0.05, 0.1) is 12.2 Å². The van der Waals surface area contributed by atoms with Gasteiger partial charge >= 0.3 is 5.97 Å². The summed E-state index contributed by atoms with van der Waals surface area (Å²) in [5.41, 5.74) is 1.93. The SMILES string of the molecule is CCCC(=O)Nc1sc2c(c1C(=O)OCC)CC[C@H](C(C)(C)C)C2. The highest BCUT2D eigenvalue weighted by Gasteiger charge is 2.34. The summed E-state index contributed by atoms with van der Waals surface area (Å²) in [6.45, 7) is 10.9. The lowest BCUT2D eigenvalue weighted by Gasteiger charge is -2.33. The molecule has 0 saturated carbocycles. The molecular formula is C19H29NO3S. The monoisotopic (exact) mass is 351 g/mol. The van der Waals surface area contributed by atoms with Crippen LogP contribution in [-0.4, -0.2) is 18.5 Å². The first-order valence-electron chi connectivity index (χ1n) is 8.89. The van der Waals surface area contributed by atoms with Crippen molar-refractivity contribution in [3.05, 3.63) is 16.0 Å². The van der Waals surface area contributed by atoms with Crippen molar-refractivity contribution in [2.75, 3.05) is 11.9 Å². The molecule has 0 spiro atoms. The number of ether oxygens (including phenoxy) is 1. The summed E-state index contributed by atoms with van der Waals surface area (Å²) in [4.78, 5) is 25.7. The van der Waals surface area contributed by atoms with E-state index in [2.05, 4.69) is 26.1 Å². The Morgan fingerprint density at radius 1 is 1.29 bits per heavy atom. The smallest absolute Gasteiger partial charge is 0.341 e. The second kappa shape index (κ2) is 7.68. The standard InChI is InChI=1S/C19H29NO3S/c1-6-8-15(21)20-17-16(18(22)23-7-2)13-10-9-12(19(3,4)5)11-14(13)24-17/h12H,6-11H2,1-5H3,(H,20,21)/t12-/m0/s1. The second-order valence-corrected chi connectivity index (χ2v) is 8.64. The Morgan fingerprint density at radius 2 is 2.00 bits per heavy atom. The minimum atomic E-state index is -0.309. The summed E-state index contributed by atoms with van der Waals surface area (Å²) in [7, 11) is 0. The lowest BCUT2D eigenvalue weighted by Crippen LogP contribution is -2.26. The zero-order valence-electron chi connectivity index (χ0n) is 15.5. The van der Waals surface area contributed by atoms with Crippen molar-refractivity contribution in [1.29, 1.82) is 0 Å². The van der Waals surface area contributed by atoms with E-state index in [0.29, 0.717) is 29.5 Å². The number of hydrogen-bond donors (Lipinski definition) is 1. The number of fused-ring (bicyclic) bond motifs is 1. The molecule has 0 saturated heterocycles. The molecule has 24 heavy (non-hydrogen) atoms. The molecular weight excluding hydrogens is 322 g/mol. The van der Waals surface area contributed by atoms with Crippen LogP contribution in [0.5, 0.6) is 0 Å². The van der Waals surface area contributed by atoms with Crippen LogP contribution in [0.4, 0.5) is 5.00 Å². The van der Waals surface area contributed by atoms with E-state index < -0.39 is 0 Å². The third kappa shape index (κ3) is 4.18. The minimum Gasteiger partial charge on any atom is -0.462 e. The fraction of sp³-hybridized carbons (Fsp3) is 0.684. The van der Waals surface area contributed by atoms with Gasteiger partial charge in [-0.1, -0.05) is 27.7 Å². The van der Waals surface area contributed by atoms with Crippen molar-refractivity contribution >= 4 is 28.2 Å². The van der Waals surface area contributed by atoms with Crippen LogP contribution in [0.2, 0.25) is 0 Å². The number of carbonyl (C=O) groups is 2. The van der Waals surface area contributed by atoms with E-state index in [1.165, 1.54) is 4.88 Å². The molecule has 2 rings (SSSR count). The molecule has 5 heteroatoms. The van der Waals surface area contributed by atoms with Gasteiger partial charge in [-0.3, -0.25) is 4.79 Å². The van der Waals surface area contributed by atoms with E-state index in [0.717, 1.165) is 31.2 Å². The first-order valence-corrected chi connectivity index (χ1v) is 9.71. The average molecular weight is 352 g/mol. The number of hydrogen-bond acceptors (Lipinski definition) is 4. The Balaban J connectivity index is 2.35. The lowest BCUT2D eigenvalue weighted by atomic mass is 9.72. The summed E-state index contributed by atoms with van der Waals surface area (Å²) in [6.07, 6.45) is 4.18. The van der Waals surface area contributed by atoms with E-state index in [9.17, 15) is 9.59 Å². The maximum atomic E-state index is 12.4. The summed E-state index contributed by atoms with van der Waals surface area (Å²) in [5.74, 6) is 0.253. The lowest BCUT2D eigenvalue weighted by molar-refractivity contribution is -0.116. The largest absolute Gasteiger partial charge is 0.462 e. The molecule has 1 aliphatic rings. The van der Waals surface area contributed by atoms with Crippen LogP contribution < -0.4 is 5.32 Å². The fourth-order valence-electron chi connectivity index (χ4n) is 3.25. The highest BCUT2D eigenvalue weighted by atomic mass is 32.1. The van der Waals surface area contributed by atoms with Crippen molar-refractivity contribution in [2.24, 2.45) is 11.3 Å². The molecule has 0 unspecified atom stereocenters. The van der Waals surface area contributed by atoms with E-state index in [-0.39, 0.29) is 17.3 Å². The van der Waals surface area contributed by atoms with Crippen LogP contribution in [0.1, 0.15) is 74.7 Å². The molecule has 0 fully saturated rings. The van der Waals surface area contributed by atoms with Crippen molar-refractivity contribution in [2.45, 2.75) is 66.7 Å². The molecule has 1 amide bonds.